The molecule has 4 aliphatic heterocycles. The fourth-order valence-electron chi connectivity index (χ4n) is 7.32. The lowest BCUT2D eigenvalue weighted by Gasteiger charge is -2.44. The Hall–Kier alpha value is -3.43. The van der Waals surface area contributed by atoms with Gasteiger partial charge in [0, 0.05) is 49.3 Å². The van der Waals surface area contributed by atoms with Crippen molar-refractivity contribution >= 4 is 26.7 Å². The van der Waals surface area contributed by atoms with Crippen LogP contribution in [-0.2, 0) is 27.7 Å². The van der Waals surface area contributed by atoms with E-state index in [1.165, 1.54) is 12.4 Å². The Morgan fingerprint density at radius 1 is 1.04 bits per heavy atom. The third kappa shape index (κ3) is 6.41. The van der Waals surface area contributed by atoms with Gasteiger partial charge in [0.2, 0.25) is 0 Å². The predicted molar refractivity (Wildman–Crippen MR) is 174 cm³/mol. The summed E-state index contributed by atoms with van der Waals surface area (Å²) in [5.74, 6) is -2.91. The minimum absolute atomic E-state index is 0.0112. The van der Waals surface area contributed by atoms with Crippen LogP contribution in [0.15, 0.2) is 41.5 Å². The van der Waals surface area contributed by atoms with Crippen LogP contribution in [-0.4, -0.2) is 58.5 Å². The molecule has 1 unspecified atom stereocenters. The summed E-state index contributed by atoms with van der Waals surface area (Å²) in [5, 5.41) is 14.3. The van der Waals surface area contributed by atoms with E-state index in [9.17, 15) is 18.5 Å². The second-order valence-corrected chi connectivity index (χ2v) is 15.9. The first-order valence-electron chi connectivity index (χ1n) is 16.4. The number of rotatable bonds is 1. The van der Waals surface area contributed by atoms with Gasteiger partial charge in [-0.15, -0.1) is 0 Å². The Balaban J connectivity index is 1.42. The molecule has 7 rings (SSSR count). The van der Waals surface area contributed by atoms with Gasteiger partial charge in [0.15, 0.2) is 0 Å². The highest BCUT2D eigenvalue weighted by Crippen LogP contribution is 2.40. The zero-order valence-corrected chi connectivity index (χ0v) is 27.3. The van der Waals surface area contributed by atoms with Crippen LogP contribution >= 0.6 is 0 Å². The average Bonchev–Trinajstić information content (AvgIpc) is 3.01. The van der Waals surface area contributed by atoms with Crippen LogP contribution in [0.1, 0.15) is 87.9 Å². The number of nitrogens with one attached hydrogen (secondary N) is 1. The molecule has 2 atom stereocenters. The van der Waals surface area contributed by atoms with Gasteiger partial charge in [-0.1, -0.05) is 37.5 Å². The lowest BCUT2D eigenvalue weighted by Crippen LogP contribution is -2.52. The molecule has 0 aliphatic carbocycles. The maximum absolute atomic E-state index is 15.6. The highest BCUT2D eigenvalue weighted by atomic mass is 32.2. The van der Waals surface area contributed by atoms with Crippen molar-refractivity contribution in [3.05, 3.63) is 63.7 Å². The Morgan fingerprint density at radius 3 is 2.52 bits per heavy atom. The standard InChI is InChI=1S/C34H42F2N6O3S/c1-23-8-5-3-4-6-13-42-31-28(17-29(32(42)43)33(21-37)11-14-46(44,45)15-12-33)30(38-22-39-31)40-24(2)26-9-7-10-27(16-26)34(35,36)18-25-19-41(23)20-25/h7,9-10,16-17,22-25H,3-6,8,11-15,18-20H2,1-2H3,(H,38,39,40)/t23?,24-/m1/s1. The molecule has 0 saturated carbocycles. The molecule has 2 aromatic heterocycles. The number of pyridine rings is 1. The first kappa shape index (κ1) is 32.5. The number of halogens is 2. The Labute approximate surface area is 269 Å². The number of aryl methyl sites for hydroxylation is 1. The summed E-state index contributed by atoms with van der Waals surface area (Å²) >= 11 is 0. The van der Waals surface area contributed by atoms with E-state index in [0.29, 0.717) is 48.1 Å². The number of nitrogens with zero attached hydrogens (tertiary/aromatic N) is 5. The summed E-state index contributed by atoms with van der Waals surface area (Å²) in [6, 6.07) is 10.4. The van der Waals surface area contributed by atoms with Crippen molar-refractivity contribution in [2.24, 2.45) is 5.92 Å². The maximum atomic E-state index is 15.6. The van der Waals surface area contributed by atoms with Crippen LogP contribution in [0.3, 0.4) is 0 Å². The van der Waals surface area contributed by atoms with Gasteiger partial charge in [-0.3, -0.25) is 9.36 Å². The van der Waals surface area contributed by atoms with Gasteiger partial charge >= 0.3 is 0 Å². The van der Waals surface area contributed by atoms with Crippen LogP contribution in [0.25, 0.3) is 11.0 Å². The van der Waals surface area contributed by atoms with Crippen LogP contribution in [0.2, 0.25) is 0 Å². The molecule has 2 saturated heterocycles. The van der Waals surface area contributed by atoms with Crippen LogP contribution in [0.5, 0.6) is 0 Å². The summed E-state index contributed by atoms with van der Waals surface area (Å²) in [4.78, 5) is 25.4. The quantitative estimate of drug-likeness (QED) is 0.356. The smallest absolute Gasteiger partial charge is 0.273 e. The second-order valence-electron chi connectivity index (χ2n) is 13.6. The van der Waals surface area contributed by atoms with Gasteiger partial charge in [0.1, 0.15) is 27.6 Å². The number of benzene rings is 1. The number of hydrogen-bond acceptors (Lipinski definition) is 8. The van der Waals surface area contributed by atoms with Gasteiger partial charge in [-0.2, -0.15) is 5.26 Å². The van der Waals surface area contributed by atoms with Crippen LogP contribution in [0, 0.1) is 17.2 Å². The zero-order valence-electron chi connectivity index (χ0n) is 26.5. The lowest BCUT2D eigenvalue weighted by atomic mass is 9.77. The molecule has 1 N–H and O–H groups in total. The SMILES string of the molecule is CC1CCCCCCn2c(=O)c(C3(C#N)CCS(=O)(=O)CC3)cc3c(ncnc32)N[C@H](C)c2cccc(c2)C(F)(F)CC2CN1C2. The molecule has 0 spiro atoms. The maximum Gasteiger partial charge on any atom is 0.273 e. The minimum Gasteiger partial charge on any atom is -0.363 e. The summed E-state index contributed by atoms with van der Waals surface area (Å²) < 4.78 is 57.3. The number of anilines is 1. The summed E-state index contributed by atoms with van der Waals surface area (Å²) in [5.41, 5.74) is -0.260. The molecule has 6 heterocycles. The van der Waals surface area contributed by atoms with E-state index in [4.69, 9.17) is 0 Å². The number of fused-ring (bicyclic) bond motifs is 8. The summed E-state index contributed by atoms with van der Waals surface area (Å²) in [6.07, 6.45) is 5.86. The highest BCUT2D eigenvalue weighted by Gasteiger charge is 2.42. The molecule has 246 valence electrons. The summed E-state index contributed by atoms with van der Waals surface area (Å²) in [7, 11) is -3.29. The van der Waals surface area contributed by atoms with Crippen LogP contribution < -0.4 is 10.9 Å². The lowest BCUT2D eigenvalue weighted by molar-refractivity contribution is -0.0641. The van der Waals surface area contributed by atoms with E-state index in [1.54, 1.807) is 28.8 Å². The van der Waals surface area contributed by atoms with Gasteiger partial charge in [0.25, 0.3) is 11.5 Å². The number of alkyl halides is 2. The van der Waals surface area contributed by atoms with Crippen molar-refractivity contribution in [3.8, 4) is 6.07 Å². The molecule has 1 aromatic carbocycles. The molecular weight excluding hydrogens is 610 g/mol. The second kappa shape index (κ2) is 12.6. The number of sulfone groups is 1. The fraction of sp³-hybridized carbons (Fsp3) is 0.588. The first-order chi connectivity index (χ1) is 21.9. The van der Waals surface area contributed by atoms with Crippen molar-refractivity contribution in [3.63, 3.8) is 0 Å². The van der Waals surface area contributed by atoms with Crippen molar-refractivity contribution in [2.75, 3.05) is 29.9 Å². The molecule has 0 radical (unpaired) electrons. The fourth-order valence-corrected chi connectivity index (χ4v) is 8.85. The Kier molecular flexibility index (Phi) is 8.93. The van der Waals surface area contributed by atoms with E-state index < -0.39 is 27.2 Å². The van der Waals surface area contributed by atoms with E-state index in [0.717, 1.165) is 32.1 Å². The molecule has 0 amide bonds. The molecule has 4 aliphatic rings. The Morgan fingerprint density at radius 2 is 1.78 bits per heavy atom. The monoisotopic (exact) mass is 652 g/mol. The first-order valence-corrected chi connectivity index (χ1v) is 18.2. The topological polar surface area (TPSA) is 121 Å². The van der Waals surface area contributed by atoms with Gasteiger partial charge in [-0.05, 0) is 63.1 Å². The van der Waals surface area contributed by atoms with Crippen molar-refractivity contribution < 1.29 is 17.2 Å². The van der Waals surface area contributed by atoms with Gasteiger partial charge < -0.3 is 10.2 Å². The molecule has 3 aromatic rings. The van der Waals surface area contributed by atoms with E-state index in [1.807, 2.05) is 6.92 Å². The van der Waals surface area contributed by atoms with Gasteiger partial charge in [-0.25, -0.2) is 27.2 Å². The molecular formula is C34H42F2N6O3S. The third-order valence-electron chi connectivity index (χ3n) is 10.4. The molecule has 8 bridgehead atoms. The van der Waals surface area contributed by atoms with Crippen molar-refractivity contribution in [2.45, 2.75) is 95.2 Å². The van der Waals surface area contributed by atoms with E-state index >= 15 is 8.78 Å². The Bertz CT molecular complexity index is 1800. The van der Waals surface area contributed by atoms with E-state index in [2.05, 4.69) is 33.2 Å². The molecule has 46 heavy (non-hydrogen) atoms. The van der Waals surface area contributed by atoms with Gasteiger partial charge in [0.05, 0.1) is 28.4 Å². The number of aromatic nitrogens is 3. The van der Waals surface area contributed by atoms with Crippen molar-refractivity contribution in [1.82, 2.24) is 19.4 Å². The minimum atomic E-state index is -3.29. The average molecular weight is 653 g/mol. The largest absolute Gasteiger partial charge is 0.363 e. The number of hydrogen-bond donors (Lipinski definition) is 1. The number of nitriles is 1. The van der Waals surface area contributed by atoms with Crippen LogP contribution in [0.4, 0.5) is 14.6 Å². The normalized spacial score (nSPS) is 27.8. The zero-order chi connectivity index (χ0) is 32.7. The predicted octanol–water partition coefficient (Wildman–Crippen LogP) is 5.70. The highest BCUT2D eigenvalue weighted by molar-refractivity contribution is 7.91. The van der Waals surface area contributed by atoms with E-state index in [-0.39, 0.29) is 53.4 Å². The van der Waals surface area contributed by atoms with Crippen molar-refractivity contribution in [1.29, 1.82) is 5.26 Å². The summed E-state index contributed by atoms with van der Waals surface area (Å²) in [6.45, 7) is 5.81. The molecule has 2 fully saturated rings. The molecule has 12 heteroatoms. The molecule has 9 nitrogen and oxygen atoms in total. The third-order valence-corrected chi connectivity index (χ3v) is 12.0.